The van der Waals surface area contributed by atoms with Crippen LogP contribution in [-0.2, 0) is 9.84 Å². The quantitative estimate of drug-likeness (QED) is 0.812. The lowest BCUT2D eigenvalue weighted by molar-refractivity contribution is 0.0696. The average Bonchev–Trinajstić information content (AvgIpc) is 2.18. The van der Waals surface area contributed by atoms with Crippen LogP contribution < -0.4 is 0 Å². The summed E-state index contributed by atoms with van der Waals surface area (Å²) in [5, 5.41) is 9.34. The van der Waals surface area contributed by atoms with E-state index in [9.17, 15) is 13.2 Å². The van der Waals surface area contributed by atoms with E-state index in [1.807, 2.05) is 0 Å². The number of carboxylic acids is 1. The van der Waals surface area contributed by atoms with Crippen molar-refractivity contribution in [3.05, 3.63) is 41.8 Å². The highest BCUT2D eigenvalue weighted by Gasteiger charge is 2.10. The van der Waals surface area contributed by atoms with Gasteiger partial charge in [0.2, 0.25) is 0 Å². The smallest absolute Gasteiger partial charge is 0.336 e. The molecule has 0 amide bonds. The third kappa shape index (κ3) is 2.00. The third-order valence-electron chi connectivity index (χ3n) is 1.56. The van der Waals surface area contributed by atoms with E-state index < -0.39 is 15.8 Å². The fourth-order valence-electron chi connectivity index (χ4n) is 0.817. The molecule has 1 aromatic rings. The molecule has 0 heterocycles. The van der Waals surface area contributed by atoms with Gasteiger partial charge >= 0.3 is 5.97 Å². The van der Waals surface area contributed by atoms with Gasteiger partial charge < -0.3 is 5.11 Å². The van der Waals surface area contributed by atoms with Crippen molar-refractivity contribution in [3.8, 4) is 0 Å². The van der Waals surface area contributed by atoms with E-state index in [2.05, 4.69) is 12.6 Å². The van der Waals surface area contributed by atoms with Gasteiger partial charge in [-0.3, -0.25) is 0 Å². The first-order chi connectivity index (χ1) is 6.47. The second-order valence-corrected chi connectivity index (χ2v) is 4.35. The van der Waals surface area contributed by atoms with Gasteiger partial charge in [-0.05, 0) is 24.3 Å². The Hall–Kier alpha value is -1.62. The highest BCUT2D eigenvalue weighted by molar-refractivity contribution is 7.94. The molecule has 73 valence electrons. The van der Waals surface area contributed by atoms with Crippen molar-refractivity contribution in [1.82, 2.24) is 0 Å². The van der Waals surface area contributed by atoms with Crippen LogP contribution in [-0.4, -0.2) is 19.5 Å². The van der Waals surface area contributed by atoms with E-state index in [1.165, 1.54) is 12.1 Å². The Balaban J connectivity index is 3.19. The zero-order valence-electron chi connectivity index (χ0n) is 7.10. The van der Waals surface area contributed by atoms with E-state index in [1.54, 1.807) is 0 Å². The van der Waals surface area contributed by atoms with Crippen LogP contribution in [0.2, 0.25) is 0 Å². The predicted octanol–water partition coefficient (Wildman–Crippen LogP) is 1.10. The average molecular weight is 211 g/mol. The van der Waals surface area contributed by atoms with Crippen LogP contribution >= 0.6 is 0 Å². The minimum absolute atomic E-state index is 0.0162. The molecule has 0 atom stereocenters. The molecule has 0 spiro atoms. The topological polar surface area (TPSA) is 71.4 Å². The maximum Gasteiger partial charge on any atom is 0.336 e. The molecule has 4 nitrogen and oxygen atoms in total. The summed E-state index contributed by atoms with van der Waals surface area (Å²) in [6.07, 6.45) is 0. The van der Waals surface area contributed by atoms with Crippen LogP contribution in [0.25, 0.3) is 0 Å². The van der Waals surface area contributed by atoms with Crippen molar-refractivity contribution in [3.63, 3.8) is 0 Å². The number of aromatic carboxylic acids is 1. The highest BCUT2D eigenvalue weighted by atomic mass is 32.2. The molecule has 0 aliphatic carbocycles. The molecule has 0 fully saturated rings. The van der Waals surface area contributed by atoms with E-state index in [-0.39, 0.29) is 10.5 Å². The number of rotatable bonds is 3. The Labute approximate surface area is 81.4 Å². The van der Waals surface area contributed by atoms with Crippen LogP contribution in [0.5, 0.6) is 0 Å². The number of benzene rings is 1. The van der Waals surface area contributed by atoms with Gasteiger partial charge in [-0.25, -0.2) is 13.2 Å². The van der Waals surface area contributed by atoms with Crippen LogP contribution in [0.1, 0.15) is 10.4 Å². The summed E-state index contributed by atoms with van der Waals surface area (Å²) in [4.78, 5) is 10.4. The maximum atomic E-state index is 11.2. The summed E-state index contributed by atoms with van der Waals surface area (Å²) in [5.74, 6) is -1.15. The van der Waals surface area contributed by atoms with Crippen molar-refractivity contribution in [1.29, 1.82) is 0 Å². The molecule has 1 rings (SSSR count). The minimum atomic E-state index is -3.50. The molecule has 5 heteroatoms. The van der Waals surface area contributed by atoms with Gasteiger partial charge in [-0.15, -0.1) is 0 Å². The van der Waals surface area contributed by atoms with Crippen LogP contribution in [0.15, 0.2) is 35.1 Å². The second-order valence-electron chi connectivity index (χ2n) is 2.45. The standard InChI is InChI=1S/C9H7O4S/c1-2-14(12,13)8-5-3-7(4-6-8)9(10)11/h2-3,5-6H,1H2,(H,10,11). The summed E-state index contributed by atoms with van der Waals surface area (Å²) in [6, 6.07) is 5.85. The Bertz CT molecular complexity index is 456. The highest BCUT2D eigenvalue weighted by Crippen LogP contribution is 2.12. The summed E-state index contributed by atoms with van der Waals surface area (Å²) in [7, 11) is -3.50. The normalized spacial score (nSPS) is 10.9. The molecule has 0 unspecified atom stereocenters. The Kier molecular flexibility index (Phi) is 2.71. The zero-order chi connectivity index (χ0) is 10.8. The van der Waals surface area contributed by atoms with Crippen LogP contribution in [0, 0.1) is 6.07 Å². The van der Waals surface area contributed by atoms with Crippen molar-refractivity contribution in [2.24, 2.45) is 0 Å². The molecule has 0 aliphatic heterocycles. The van der Waals surface area contributed by atoms with E-state index in [4.69, 9.17) is 5.11 Å². The molecule has 1 aromatic carbocycles. The largest absolute Gasteiger partial charge is 0.478 e. The van der Waals surface area contributed by atoms with Gasteiger partial charge in [-0.1, -0.05) is 6.58 Å². The lowest BCUT2D eigenvalue weighted by atomic mass is 10.2. The first kappa shape index (κ1) is 10.5. The predicted molar refractivity (Wildman–Crippen MR) is 49.6 cm³/mol. The molecular formula is C9H7O4S. The Morgan fingerprint density at radius 1 is 1.50 bits per heavy atom. The molecule has 0 bridgehead atoms. The SMILES string of the molecule is C=CS(=O)(=O)c1c[c]c(C(=O)O)cc1. The van der Waals surface area contributed by atoms with Crippen molar-refractivity contribution < 1.29 is 18.3 Å². The molecule has 1 radical (unpaired) electrons. The molecule has 14 heavy (non-hydrogen) atoms. The van der Waals surface area contributed by atoms with Gasteiger partial charge in [0, 0.05) is 5.41 Å². The van der Waals surface area contributed by atoms with Gasteiger partial charge in [-0.2, -0.15) is 0 Å². The molecule has 0 saturated heterocycles. The molecule has 0 aliphatic rings. The third-order valence-corrected chi connectivity index (χ3v) is 2.91. The van der Waals surface area contributed by atoms with Crippen LogP contribution in [0.3, 0.4) is 0 Å². The van der Waals surface area contributed by atoms with Crippen molar-refractivity contribution in [2.45, 2.75) is 4.90 Å². The van der Waals surface area contributed by atoms with E-state index in [0.29, 0.717) is 0 Å². The number of hydrogen-bond acceptors (Lipinski definition) is 3. The summed E-state index contributed by atoms with van der Waals surface area (Å²) >= 11 is 0. The summed E-state index contributed by atoms with van der Waals surface area (Å²) in [6.45, 7) is 3.15. The lowest BCUT2D eigenvalue weighted by Crippen LogP contribution is -1.99. The fraction of sp³-hybridized carbons (Fsp3) is 0. The second kappa shape index (κ2) is 3.63. The fourth-order valence-corrected chi connectivity index (χ4v) is 1.49. The first-order valence-corrected chi connectivity index (χ1v) is 5.14. The van der Waals surface area contributed by atoms with E-state index in [0.717, 1.165) is 11.5 Å². The molecule has 0 aromatic heterocycles. The van der Waals surface area contributed by atoms with Crippen LogP contribution in [0.4, 0.5) is 0 Å². The Morgan fingerprint density at radius 3 is 2.50 bits per heavy atom. The van der Waals surface area contributed by atoms with E-state index >= 15 is 0 Å². The molecular weight excluding hydrogens is 204 g/mol. The number of sulfone groups is 1. The zero-order valence-corrected chi connectivity index (χ0v) is 7.91. The van der Waals surface area contributed by atoms with Crippen molar-refractivity contribution >= 4 is 15.8 Å². The lowest BCUT2D eigenvalue weighted by Gasteiger charge is -1.98. The number of carboxylic acid groups (broad SMARTS) is 1. The molecule has 0 saturated carbocycles. The van der Waals surface area contributed by atoms with Gasteiger partial charge in [0.15, 0.2) is 9.84 Å². The summed E-state index contributed by atoms with van der Waals surface area (Å²) in [5.41, 5.74) is -0.0759. The number of carbonyl (C=O) groups is 1. The van der Waals surface area contributed by atoms with Gasteiger partial charge in [0.1, 0.15) is 0 Å². The monoisotopic (exact) mass is 211 g/mol. The van der Waals surface area contributed by atoms with Crippen molar-refractivity contribution in [2.75, 3.05) is 0 Å². The van der Waals surface area contributed by atoms with Gasteiger partial charge in [0.25, 0.3) is 0 Å². The minimum Gasteiger partial charge on any atom is -0.478 e. The first-order valence-electron chi connectivity index (χ1n) is 3.60. The molecule has 1 N–H and O–H groups in total. The number of hydrogen-bond donors (Lipinski definition) is 1. The Morgan fingerprint density at radius 2 is 2.14 bits per heavy atom. The summed E-state index contributed by atoms with van der Waals surface area (Å²) < 4.78 is 22.4. The van der Waals surface area contributed by atoms with Gasteiger partial charge in [0.05, 0.1) is 10.5 Å². The maximum absolute atomic E-state index is 11.2.